The van der Waals surface area contributed by atoms with Crippen molar-refractivity contribution in [1.82, 2.24) is 19.6 Å². The third kappa shape index (κ3) is 3.57. The van der Waals surface area contributed by atoms with Crippen molar-refractivity contribution >= 4 is 6.03 Å². The monoisotopic (exact) mass is 292 g/mol. The topological polar surface area (TPSA) is 41.4 Å². The largest absolute Gasteiger partial charge is 0.324 e. The summed E-state index contributed by atoms with van der Waals surface area (Å²) in [6.45, 7) is 9.95. The van der Waals surface area contributed by atoms with Crippen LogP contribution < -0.4 is 0 Å². The molecule has 0 spiro atoms. The number of aryl methyl sites for hydroxylation is 1. The lowest BCUT2D eigenvalue weighted by Crippen LogP contribution is -2.51. The molecule has 0 atom stereocenters. The van der Waals surface area contributed by atoms with Gasteiger partial charge in [0.2, 0.25) is 0 Å². The second-order valence-corrected chi connectivity index (χ2v) is 6.91. The maximum absolute atomic E-state index is 12.5. The van der Waals surface area contributed by atoms with E-state index in [4.69, 9.17) is 0 Å². The van der Waals surface area contributed by atoms with E-state index in [-0.39, 0.29) is 11.6 Å². The number of aromatic nitrogens is 2. The molecule has 1 aromatic heterocycles. The molecule has 1 fully saturated rings. The summed E-state index contributed by atoms with van der Waals surface area (Å²) in [7, 11) is 1.88. The van der Waals surface area contributed by atoms with Gasteiger partial charge in [-0.05, 0) is 45.6 Å². The van der Waals surface area contributed by atoms with Crippen molar-refractivity contribution in [3.8, 4) is 0 Å². The molecular formula is C16H28N4O. The number of hydrogen-bond acceptors (Lipinski definition) is 2. The molecular weight excluding hydrogens is 264 g/mol. The molecule has 0 aliphatic carbocycles. The highest BCUT2D eigenvalue weighted by atomic mass is 16.2. The van der Waals surface area contributed by atoms with Crippen molar-refractivity contribution in [1.29, 1.82) is 0 Å². The minimum absolute atomic E-state index is 0.133. The van der Waals surface area contributed by atoms with E-state index in [1.54, 1.807) is 0 Å². The summed E-state index contributed by atoms with van der Waals surface area (Å²) >= 11 is 0. The smallest absolute Gasteiger partial charge is 0.320 e. The molecule has 0 unspecified atom stereocenters. The van der Waals surface area contributed by atoms with Gasteiger partial charge in [0.05, 0.1) is 12.2 Å². The Labute approximate surface area is 127 Å². The fraction of sp³-hybridized carbons (Fsp3) is 0.750. The number of amides is 2. The number of hydrogen-bond donors (Lipinski definition) is 0. The normalized spacial score (nSPS) is 17.1. The number of likely N-dealkylation sites (tertiary alicyclic amines) is 1. The fourth-order valence-corrected chi connectivity index (χ4v) is 2.58. The number of carbonyl (C=O) groups excluding carboxylic acids is 1. The number of carbonyl (C=O) groups is 1. The van der Waals surface area contributed by atoms with E-state index in [0.29, 0.717) is 6.04 Å². The highest BCUT2D eigenvalue weighted by Gasteiger charge is 2.30. The van der Waals surface area contributed by atoms with Crippen LogP contribution in [-0.4, -0.2) is 51.3 Å². The van der Waals surface area contributed by atoms with Gasteiger partial charge in [-0.3, -0.25) is 4.68 Å². The standard InChI is InChI=1S/C16H28N4O/c1-6-13-11-17-20(12-13)14-7-9-19(10-8-14)15(21)18(5)16(2,3)4/h11-12,14H,6-10H2,1-5H3. The Morgan fingerprint density at radius 1 is 1.38 bits per heavy atom. The van der Waals surface area contributed by atoms with Crippen LogP contribution in [0.1, 0.15) is 52.1 Å². The summed E-state index contributed by atoms with van der Waals surface area (Å²) in [5.74, 6) is 0. The zero-order chi connectivity index (χ0) is 15.6. The van der Waals surface area contributed by atoms with Gasteiger partial charge in [-0.15, -0.1) is 0 Å². The number of rotatable bonds is 2. The molecule has 0 aromatic carbocycles. The van der Waals surface area contributed by atoms with Gasteiger partial charge in [-0.1, -0.05) is 6.92 Å². The Morgan fingerprint density at radius 3 is 2.48 bits per heavy atom. The minimum Gasteiger partial charge on any atom is -0.324 e. The number of urea groups is 1. The third-order valence-corrected chi connectivity index (χ3v) is 4.47. The SMILES string of the molecule is CCc1cnn(C2CCN(C(=O)N(C)C(C)(C)C)CC2)c1. The molecule has 0 saturated carbocycles. The van der Waals surface area contributed by atoms with Crippen LogP contribution in [0.15, 0.2) is 12.4 Å². The zero-order valence-corrected chi connectivity index (χ0v) is 14.0. The number of piperidine rings is 1. The quantitative estimate of drug-likeness (QED) is 0.841. The van der Waals surface area contributed by atoms with Crippen molar-refractivity contribution in [3.63, 3.8) is 0 Å². The van der Waals surface area contributed by atoms with Gasteiger partial charge in [-0.25, -0.2) is 4.79 Å². The minimum atomic E-state index is -0.133. The molecule has 1 saturated heterocycles. The molecule has 0 bridgehead atoms. The molecule has 1 aliphatic rings. The van der Waals surface area contributed by atoms with Gasteiger partial charge in [0.1, 0.15) is 0 Å². The predicted octanol–water partition coefficient (Wildman–Crippen LogP) is 2.93. The van der Waals surface area contributed by atoms with Crippen LogP contribution in [0.4, 0.5) is 4.79 Å². The zero-order valence-electron chi connectivity index (χ0n) is 14.0. The molecule has 2 rings (SSSR count). The van der Waals surface area contributed by atoms with Crippen molar-refractivity contribution < 1.29 is 4.79 Å². The molecule has 5 heteroatoms. The molecule has 2 heterocycles. The first kappa shape index (κ1) is 15.9. The molecule has 1 aliphatic heterocycles. The lowest BCUT2D eigenvalue weighted by molar-refractivity contribution is 0.110. The van der Waals surface area contributed by atoms with Crippen molar-refractivity contribution in [3.05, 3.63) is 18.0 Å². The van der Waals surface area contributed by atoms with Gasteiger partial charge in [-0.2, -0.15) is 5.10 Å². The predicted molar refractivity (Wildman–Crippen MR) is 84.4 cm³/mol. The second kappa shape index (κ2) is 6.08. The maximum Gasteiger partial charge on any atom is 0.320 e. The van der Waals surface area contributed by atoms with Crippen LogP contribution in [0.5, 0.6) is 0 Å². The first-order valence-corrected chi connectivity index (χ1v) is 7.88. The molecule has 2 amide bonds. The summed E-state index contributed by atoms with van der Waals surface area (Å²) < 4.78 is 2.08. The summed E-state index contributed by atoms with van der Waals surface area (Å²) in [4.78, 5) is 16.3. The van der Waals surface area contributed by atoms with Crippen LogP contribution in [0, 0.1) is 0 Å². The van der Waals surface area contributed by atoms with Crippen LogP contribution in [0.25, 0.3) is 0 Å². The second-order valence-electron chi connectivity index (χ2n) is 6.91. The van der Waals surface area contributed by atoms with Crippen LogP contribution in [0.2, 0.25) is 0 Å². The third-order valence-electron chi connectivity index (χ3n) is 4.47. The summed E-state index contributed by atoms with van der Waals surface area (Å²) in [6, 6.07) is 0.560. The van der Waals surface area contributed by atoms with E-state index in [9.17, 15) is 4.79 Å². The van der Waals surface area contributed by atoms with E-state index in [0.717, 1.165) is 32.4 Å². The van der Waals surface area contributed by atoms with Crippen LogP contribution >= 0.6 is 0 Å². The molecule has 1 aromatic rings. The summed E-state index contributed by atoms with van der Waals surface area (Å²) in [5.41, 5.74) is 1.15. The van der Waals surface area contributed by atoms with E-state index in [2.05, 4.69) is 43.7 Å². The van der Waals surface area contributed by atoms with Gasteiger partial charge in [0.15, 0.2) is 0 Å². The Balaban J connectivity index is 1.92. The van der Waals surface area contributed by atoms with Crippen molar-refractivity contribution in [2.45, 2.75) is 58.5 Å². The Bertz CT molecular complexity index is 481. The van der Waals surface area contributed by atoms with Crippen LogP contribution in [-0.2, 0) is 6.42 Å². The highest BCUT2D eigenvalue weighted by molar-refractivity contribution is 5.75. The molecule has 21 heavy (non-hydrogen) atoms. The lowest BCUT2D eigenvalue weighted by Gasteiger charge is -2.39. The number of nitrogens with zero attached hydrogens (tertiary/aromatic N) is 4. The van der Waals surface area contributed by atoms with Gasteiger partial charge in [0.25, 0.3) is 0 Å². The first-order valence-electron chi connectivity index (χ1n) is 7.88. The van der Waals surface area contributed by atoms with Gasteiger partial charge >= 0.3 is 6.03 Å². The Hall–Kier alpha value is -1.52. The van der Waals surface area contributed by atoms with Crippen molar-refractivity contribution in [2.24, 2.45) is 0 Å². The van der Waals surface area contributed by atoms with Crippen LogP contribution in [0.3, 0.4) is 0 Å². The maximum atomic E-state index is 12.5. The van der Waals surface area contributed by atoms with E-state index < -0.39 is 0 Å². The fourth-order valence-electron chi connectivity index (χ4n) is 2.58. The summed E-state index contributed by atoms with van der Waals surface area (Å²) in [5, 5.41) is 4.46. The van der Waals surface area contributed by atoms with E-state index in [1.807, 2.05) is 23.0 Å². The molecule has 0 N–H and O–H groups in total. The first-order chi connectivity index (χ1) is 9.82. The van der Waals surface area contributed by atoms with Gasteiger partial charge < -0.3 is 9.80 Å². The Kier molecular flexibility index (Phi) is 4.59. The van der Waals surface area contributed by atoms with E-state index >= 15 is 0 Å². The highest BCUT2D eigenvalue weighted by Crippen LogP contribution is 2.24. The summed E-state index contributed by atoms with van der Waals surface area (Å²) in [6.07, 6.45) is 7.07. The lowest BCUT2D eigenvalue weighted by atomic mass is 10.0. The molecule has 0 radical (unpaired) electrons. The van der Waals surface area contributed by atoms with Gasteiger partial charge in [0, 0.05) is 31.9 Å². The average molecular weight is 292 g/mol. The van der Waals surface area contributed by atoms with E-state index in [1.165, 1.54) is 5.56 Å². The molecule has 118 valence electrons. The Morgan fingerprint density at radius 2 is 2.00 bits per heavy atom. The average Bonchev–Trinajstić information content (AvgIpc) is 2.94. The van der Waals surface area contributed by atoms with Crippen molar-refractivity contribution in [2.75, 3.05) is 20.1 Å². The molecule has 5 nitrogen and oxygen atoms in total.